The maximum Gasteiger partial charge on any atom is 3.00 e. The minimum Gasteiger partial charge on any atom is -0.661 e. The van der Waals surface area contributed by atoms with Crippen LogP contribution in [-0.2, 0) is 25.8 Å². The van der Waals surface area contributed by atoms with E-state index in [0.29, 0.717) is 71.0 Å². The van der Waals surface area contributed by atoms with E-state index in [2.05, 4.69) is 406 Å². The second kappa shape index (κ2) is 50.0. The second-order valence-corrected chi connectivity index (χ2v) is 46.9. The number of nitrogens with zero attached hydrogens (tertiary/aromatic N) is 2. The van der Waals surface area contributed by atoms with Crippen molar-refractivity contribution < 1.29 is 25.8 Å². The summed E-state index contributed by atoms with van der Waals surface area (Å²) in [7, 11) is -2.57. The molecule has 0 heterocycles. The molecule has 0 spiro atoms. The van der Waals surface area contributed by atoms with Gasteiger partial charge in [0.05, 0.1) is 5.69 Å². The smallest absolute Gasteiger partial charge is 0.661 e. The number of aryl methyl sites for hydroxylation is 1. The SMILES string of the molecule is CC(/C=C(/C)[N-]c1cc(-c2c(C(C)C)cc(C(C)C)cc2C(C)C)cc(-c2c(C(C)C)cc(C(C)C)cc2C(C)C)c1)=Nc1cc(-c2c(C(C)C)cc(C(C)C)cc2C(C)C)cc(-c2c(C(C)C)cc(C(C)C)cc2C(C)C)c1.CCCCC.CCCCC.Cc1ccccc1.[CH2-][Si](C)(C)c1ccccc1.[CH2-][Si](C)(C)c1ccccc1.[Sc+3]. The van der Waals surface area contributed by atoms with E-state index in [1.807, 2.05) is 30.3 Å². The fourth-order valence-electron chi connectivity index (χ4n) is 14.9. The Morgan fingerprint density at radius 3 is 0.718 bits per heavy atom. The summed E-state index contributed by atoms with van der Waals surface area (Å²) in [6.07, 6.45) is 10.3. The molecule has 9 rings (SSSR count). The molecule has 0 N–H and O–H groups in total. The molecule has 0 aliphatic carbocycles. The third-order valence-electron chi connectivity index (χ3n) is 22.0. The molecule has 9 aromatic rings. The number of aliphatic imine (C=N–C) groups is 1. The molecule has 0 radical (unpaired) electrons. The van der Waals surface area contributed by atoms with Gasteiger partial charge in [-0.1, -0.05) is 455 Å². The Morgan fingerprint density at radius 2 is 0.547 bits per heavy atom. The molecule has 5 heteroatoms. The van der Waals surface area contributed by atoms with Crippen LogP contribution in [0.15, 0.2) is 193 Å². The Hall–Kier alpha value is -6.51. The Balaban J connectivity index is 0.000000753. The molecule has 0 bridgehead atoms. The number of unbranched alkanes of at least 4 members (excludes halogenated alkanes) is 4. The van der Waals surface area contributed by atoms with Crippen LogP contribution in [0.2, 0.25) is 26.2 Å². The van der Waals surface area contributed by atoms with E-state index >= 15 is 0 Å². The topological polar surface area (TPSA) is 26.5 Å². The summed E-state index contributed by atoms with van der Waals surface area (Å²) in [5.41, 5.74) is 32.4. The molecular weight excluding hydrogens is 1470 g/mol. The second-order valence-electron chi connectivity index (χ2n) is 38.2. The van der Waals surface area contributed by atoms with Crippen molar-refractivity contribution in [3.8, 4) is 44.5 Å². The zero-order valence-electron chi connectivity index (χ0n) is 80.9. The fourth-order valence-corrected chi connectivity index (χ4v) is 17.1. The standard InChI is InChI=1S/C77H105N2.2C9H13Si.C7H8.2C5H12.Sc/c1-42(2)56-34-66(46(9)10)74(67(35-56)47(11)12)60-28-61(75-68(48(13)14)36-57(43(3)4)37-69(75)49(15)16)31-64(30-60)78-54(25)27-55(26)79-65-32-62(76-70(50(17)18)38-58(44(5)6)39-71(76)51(19)20)29-63(33-65)77-72(52(21)22)40-59(45(7)8)41-73(77)53(23)24;2*1-10(2,3)9-7-5-4-6-8-9;1-7-5-3-2-4-6-7;2*1-3-5-4-2;/h27-53H,1-26H3;2*4-8H,1H2,2-3H3;2-6H,1H3;2*3-5H2,1-2H3;/q3*-1;;;;+3/b54-27-,79-55?;;;;;;. The Morgan fingerprint density at radius 1 is 0.325 bits per heavy atom. The first-order valence-electron chi connectivity index (χ1n) is 45.1. The van der Waals surface area contributed by atoms with Crippen LogP contribution in [-0.4, -0.2) is 21.9 Å². The summed E-state index contributed by atoms with van der Waals surface area (Å²) in [5.74, 6) is 4.52. The number of allylic oxidation sites excluding steroid dienone is 2. The molecule has 0 aliphatic heterocycles. The van der Waals surface area contributed by atoms with Crippen LogP contribution in [0, 0.1) is 20.0 Å². The molecule has 0 aliphatic rings. The molecule has 0 fully saturated rings. The largest absolute Gasteiger partial charge is 3.00 e. The molecule has 0 amide bonds. The van der Waals surface area contributed by atoms with Gasteiger partial charge in [-0.25, -0.2) is 0 Å². The molecule has 0 aromatic heterocycles. The molecule has 9 aromatic carbocycles. The zero-order valence-corrected chi connectivity index (χ0v) is 84.7. The summed E-state index contributed by atoms with van der Waals surface area (Å²) < 4.78 is 0. The minimum atomic E-state index is -1.28. The summed E-state index contributed by atoms with van der Waals surface area (Å²) in [6, 6.07) is 65.7. The van der Waals surface area contributed by atoms with E-state index < -0.39 is 16.1 Å². The molecule has 0 unspecified atom stereocenters. The maximum absolute atomic E-state index is 5.58. The maximum atomic E-state index is 5.58. The van der Waals surface area contributed by atoms with Crippen molar-refractivity contribution in [1.29, 1.82) is 0 Å². The van der Waals surface area contributed by atoms with E-state index in [1.54, 1.807) is 0 Å². The van der Waals surface area contributed by atoms with Crippen LogP contribution < -0.4 is 10.4 Å². The van der Waals surface area contributed by atoms with E-state index in [9.17, 15) is 0 Å². The third-order valence-corrected chi connectivity index (χ3v) is 25.8. The first-order chi connectivity index (χ1) is 54.3. The molecule has 0 atom stereocenters. The zero-order chi connectivity index (χ0) is 87.4. The molecule has 632 valence electrons. The molecule has 0 saturated carbocycles. The number of hydrogen-bond donors (Lipinski definition) is 0. The van der Waals surface area contributed by atoms with Gasteiger partial charge in [0.1, 0.15) is 0 Å². The van der Waals surface area contributed by atoms with Crippen LogP contribution in [0.4, 0.5) is 11.4 Å². The van der Waals surface area contributed by atoms with Gasteiger partial charge in [0.25, 0.3) is 0 Å². The first-order valence-corrected chi connectivity index (χ1v) is 51.6. The van der Waals surface area contributed by atoms with Crippen molar-refractivity contribution in [3.05, 3.63) is 278 Å². The van der Waals surface area contributed by atoms with Crippen molar-refractivity contribution in [1.82, 2.24) is 0 Å². The number of benzene rings is 9. The van der Waals surface area contributed by atoms with Gasteiger partial charge in [-0.2, -0.15) is 5.70 Å². The predicted octanol–water partition coefficient (Wildman–Crippen LogP) is 35.9. The normalized spacial score (nSPS) is 11.9. The van der Waals surface area contributed by atoms with Crippen LogP contribution in [0.1, 0.15) is 390 Å². The van der Waals surface area contributed by atoms with Crippen LogP contribution >= 0.6 is 0 Å². The third kappa shape index (κ3) is 32.4. The van der Waals surface area contributed by atoms with Crippen molar-refractivity contribution in [2.24, 2.45) is 4.99 Å². The number of hydrogen-bond acceptors (Lipinski definition) is 1. The summed E-state index contributed by atoms with van der Waals surface area (Å²) in [5, 5.41) is 8.43. The van der Waals surface area contributed by atoms with E-state index in [0.717, 1.165) is 22.8 Å². The van der Waals surface area contributed by atoms with Gasteiger partial charge in [0.2, 0.25) is 0 Å². The summed E-state index contributed by atoms with van der Waals surface area (Å²) in [6.45, 7) is 89.0. The van der Waals surface area contributed by atoms with Crippen LogP contribution in [0.25, 0.3) is 49.8 Å². The Kier molecular flexibility index (Phi) is 44.8. The fraction of sp³-hybridized carbons (Fsp3) is 0.473. The van der Waals surface area contributed by atoms with Crippen molar-refractivity contribution in [3.63, 3.8) is 0 Å². The summed E-state index contributed by atoms with van der Waals surface area (Å²) >= 11 is 0. The monoisotopic (exact) mass is 1640 g/mol. The molecular formula is C112H163N2ScSi2. The average Bonchev–Trinajstić information content (AvgIpc) is 0.761. The number of rotatable bonds is 26. The Labute approximate surface area is 742 Å². The van der Waals surface area contributed by atoms with Gasteiger partial charge >= 0.3 is 25.8 Å². The van der Waals surface area contributed by atoms with Gasteiger partial charge < -0.3 is 18.4 Å². The molecule has 2 nitrogen and oxygen atoms in total. The van der Waals surface area contributed by atoms with Crippen molar-refractivity contribution >= 4 is 43.6 Å². The van der Waals surface area contributed by atoms with Gasteiger partial charge in [0, 0.05) is 5.71 Å². The van der Waals surface area contributed by atoms with Crippen LogP contribution in [0.3, 0.4) is 0 Å². The van der Waals surface area contributed by atoms with Crippen molar-refractivity contribution in [2.75, 3.05) is 0 Å². The van der Waals surface area contributed by atoms with Gasteiger partial charge in [-0.05, 0) is 220 Å². The van der Waals surface area contributed by atoms with Gasteiger partial charge in [-0.15, -0.1) is 5.69 Å². The van der Waals surface area contributed by atoms with Crippen molar-refractivity contribution in [2.45, 2.75) is 350 Å². The first kappa shape index (κ1) is 105. The quantitative estimate of drug-likeness (QED) is 0.0293. The Bertz CT molecular complexity index is 4120. The van der Waals surface area contributed by atoms with Gasteiger partial charge in [-0.3, -0.25) is 4.99 Å². The van der Waals surface area contributed by atoms with Gasteiger partial charge in [0.15, 0.2) is 0 Å². The van der Waals surface area contributed by atoms with E-state index in [4.69, 9.17) is 10.3 Å². The molecule has 117 heavy (non-hydrogen) atoms. The minimum absolute atomic E-state index is 0. The predicted molar refractivity (Wildman–Crippen MR) is 533 cm³/mol. The molecule has 0 saturated heterocycles. The van der Waals surface area contributed by atoms with Crippen LogP contribution in [0.5, 0.6) is 0 Å². The summed E-state index contributed by atoms with van der Waals surface area (Å²) in [4.78, 5) is 5.58. The van der Waals surface area contributed by atoms with E-state index in [-0.39, 0.29) is 25.8 Å². The van der Waals surface area contributed by atoms with E-state index in [1.165, 1.54) is 166 Å². The average molecular weight is 1640 g/mol.